The van der Waals surface area contributed by atoms with Crippen LogP contribution in [-0.4, -0.2) is 32.9 Å². The maximum absolute atomic E-state index is 12.6. The lowest BCUT2D eigenvalue weighted by atomic mass is 10.1. The number of rotatable bonds is 5. The number of carbonyl (C=O) groups is 2. The third-order valence-electron chi connectivity index (χ3n) is 4.84. The zero-order chi connectivity index (χ0) is 22.0. The van der Waals surface area contributed by atoms with Crippen LogP contribution in [0.3, 0.4) is 0 Å². The fourth-order valence-electron chi connectivity index (χ4n) is 3.11. The van der Waals surface area contributed by atoms with Crippen LogP contribution in [0.25, 0.3) is 22.4 Å². The fourth-order valence-corrected chi connectivity index (χ4v) is 3.11. The largest absolute Gasteiger partial charge is 0.449 e. The van der Waals surface area contributed by atoms with Crippen molar-refractivity contribution in [3.05, 3.63) is 77.5 Å². The second-order valence-corrected chi connectivity index (χ2v) is 7.38. The minimum absolute atomic E-state index is 0.333. The molecule has 1 amide bonds. The average molecular weight is 414 g/mol. The van der Waals surface area contributed by atoms with Gasteiger partial charge in [0, 0.05) is 11.3 Å². The molecule has 2 aromatic carbocycles. The molecule has 7 nitrogen and oxygen atoms in total. The van der Waals surface area contributed by atoms with E-state index in [0.717, 1.165) is 22.6 Å². The average Bonchev–Trinajstić information content (AvgIpc) is 3.17. The van der Waals surface area contributed by atoms with Gasteiger partial charge in [-0.2, -0.15) is 0 Å². The molecule has 4 rings (SSSR count). The van der Waals surface area contributed by atoms with Gasteiger partial charge >= 0.3 is 5.97 Å². The molecular formula is C24H22N4O3. The van der Waals surface area contributed by atoms with Crippen LogP contribution in [-0.2, 0) is 9.53 Å². The molecule has 0 fully saturated rings. The van der Waals surface area contributed by atoms with Crippen molar-refractivity contribution in [1.82, 2.24) is 15.0 Å². The van der Waals surface area contributed by atoms with Crippen LogP contribution < -0.4 is 5.32 Å². The summed E-state index contributed by atoms with van der Waals surface area (Å²) < 4.78 is 5.34. The van der Waals surface area contributed by atoms with Gasteiger partial charge in [0.2, 0.25) is 0 Å². The van der Waals surface area contributed by atoms with Crippen molar-refractivity contribution in [1.29, 1.82) is 0 Å². The molecule has 0 saturated carbocycles. The molecule has 0 aliphatic rings. The van der Waals surface area contributed by atoms with Crippen LogP contribution in [0.5, 0.6) is 0 Å². The maximum Gasteiger partial charge on any atom is 0.338 e. The van der Waals surface area contributed by atoms with E-state index in [9.17, 15) is 9.59 Å². The molecule has 2 heterocycles. The van der Waals surface area contributed by atoms with Gasteiger partial charge in [-0.3, -0.25) is 4.79 Å². The van der Waals surface area contributed by atoms with Gasteiger partial charge in [-0.05, 0) is 51.1 Å². The summed E-state index contributed by atoms with van der Waals surface area (Å²) in [6, 6.07) is 18.4. The number of imidazole rings is 1. The third kappa shape index (κ3) is 4.61. The fraction of sp³-hybridized carbons (Fsp3) is 0.167. The Hall–Kier alpha value is -4.00. The number of fused-ring (bicyclic) bond motifs is 1. The summed E-state index contributed by atoms with van der Waals surface area (Å²) >= 11 is 0. The Morgan fingerprint density at radius 2 is 1.77 bits per heavy atom. The topological polar surface area (TPSA) is 97.0 Å². The molecule has 0 spiro atoms. The van der Waals surface area contributed by atoms with Crippen molar-refractivity contribution in [2.45, 2.75) is 26.9 Å². The number of amides is 1. The van der Waals surface area contributed by atoms with Crippen LogP contribution in [0.15, 0.2) is 60.7 Å². The number of hydrogen-bond donors (Lipinski definition) is 2. The molecule has 1 unspecified atom stereocenters. The quantitative estimate of drug-likeness (QED) is 0.471. The highest BCUT2D eigenvalue weighted by molar-refractivity contribution is 5.98. The summed E-state index contributed by atoms with van der Waals surface area (Å²) in [7, 11) is 0. The van der Waals surface area contributed by atoms with Crippen LogP contribution in [0.1, 0.15) is 28.5 Å². The summed E-state index contributed by atoms with van der Waals surface area (Å²) in [5, 5.41) is 2.65. The first-order chi connectivity index (χ1) is 14.9. The molecular weight excluding hydrogens is 392 g/mol. The van der Waals surface area contributed by atoms with Gasteiger partial charge in [0.05, 0.1) is 16.6 Å². The third-order valence-corrected chi connectivity index (χ3v) is 4.84. The number of H-pyrrole nitrogens is 1. The summed E-state index contributed by atoms with van der Waals surface area (Å²) in [5.74, 6) is 0.0956. The van der Waals surface area contributed by atoms with Gasteiger partial charge in [0.1, 0.15) is 11.6 Å². The Labute approximate surface area is 179 Å². The van der Waals surface area contributed by atoms with Gasteiger partial charge in [0.25, 0.3) is 5.91 Å². The molecule has 4 aromatic rings. The number of hydrogen-bond acceptors (Lipinski definition) is 5. The van der Waals surface area contributed by atoms with E-state index >= 15 is 0 Å². The van der Waals surface area contributed by atoms with Crippen molar-refractivity contribution >= 4 is 28.7 Å². The van der Waals surface area contributed by atoms with Crippen molar-refractivity contribution in [3.63, 3.8) is 0 Å². The van der Waals surface area contributed by atoms with Crippen molar-refractivity contribution in [2.24, 2.45) is 0 Å². The number of aromatic nitrogens is 3. The normalized spacial score (nSPS) is 11.8. The molecule has 0 radical (unpaired) electrons. The van der Waals surface area contributed by atoms with E-state index in [2.05, 4.69) is 20.3 Å². The highest BCUT2D eigenvalue weighted by Gasteiger charge is 2.20. The van der Waals surface area contributed by atoms with E-state index in [1.165, 1.54) is 12.5 Å². The first-order valence-electron chi connectivity index (χ1n) is 9.91. The molecule has 31 heavy (non-hydrogen) atoms. The number of nitrogens with zero attached hydrogens (tertiary/aromatic N) is 2. The SMILES string of the molecule is Cc1ccc(-c2nc3ccc(C(=O)OC(C)C(=O)Nc4cccc(C)n4)cc3[nH]2)cc1. The van der Waals surface area contributed by atoms with E-state index in [1.54, 1.807) is 30.3 Å². The number of aryl methyl sites for hydroxylation is 2. The van der Waals surface area contributed by atoms with Crippen molar-refractivity contribution < 1.29 is 14.3 Å². The summed E-state index contributed by atoms with van der Waals surface area (Å²) in [6.07, 6.45) is -0.976. The summed E-state index contributed by atoms with van der Waals surface area (Å²) in [6.45, 7) is 5.38. The molecule has 0 aliphatic carbocycles. The maximum atomic E-state index is 12.6. The molecule has 2 N–H and O–H groups in total. The number of benzene rings is 2. The van der Waals surface area contributed by atoms with Gasteiger partial charge in [-0.25, -0.2) is 14.8 Å². The van der Waals surface area contributed by atoms with Gasteiger partial charge in [-0.15, -0.1) is 0 Å². The van der Waals surface area contributed by atoms with Gasteiger partial charge < -0.3 is 15.0 Å². The first-order valence-corrected chi connectivity index (χ1v) is 9.91. The molecule has 2 aromatic heterocycles. The number of carbonyl (C=O) groups excluding carboxylic acids is 2. The number of aromatic amines is 1. The summed E-state index contributed by atoms with van der Waals surface area (Å²) in [4.78, 5) is 36.9. The smallest absolute Gasteiger partial charge is 0.338 e. The second kappa shape index (κ2) is 8.39. The lowest BCUT2D eigenvalue weighted by molar-refractivity contribution is -0.123. The second-order valence-electron chi connectivity index (χ2n) is 7.38. The van der Waals surface area contributed by atoms with E-state index in [4.69, 9.17) is 4.74 Å². The predicted molar refractivity (Wildman–Crippen MR) is 119 cm³/mol. The molecule has 7 heteroatoms. The zero-order valence-electron chi connectivity index (χ0n) is 17.5. The van der Waals surface area contributed by atoms with E-state index in [-0.39, 0.29) is 0 Å². The Morgan fingerprint density at radius 3 is 2.52 bits per heavy atom. The highest BCUT2D eigenvalue weighted by atomic mass is 16.5. The lowest BCUT2D eigenvalue weighted by Crippen LogP contribution is -2.30. The van der Waals surface area contributed by atoms with Crippen molar-refractivity contribution in [2.75, 3.05) is 5.32 Å². The van der Waals surface area contributed by atoms with Crippen LogP contribution >= 0.6 is 0 Å². The number of anilines is 1. The zero-order valence-corrected chi connectivity index (χ0v) is 17.5. The Morgan fingerprint density at radius 1 is 1.00 bits per heavy atom. The van der Waals surface area contributed by atoms with E-state index in [1.807, 2.05) is 44.2 Å². The number of nitrogens with one attached hydrogen (secondary N) is 2. The van der Waals surface area contributed by atoms with Crippen molar-refractivity contribution in [3.8, 4) is 11.4 Å². The van der Waals surface area contributed by atoms with E-state index in [0.29, 0.717) is 16.9 Å². The molecule has 156 valence electrons. The molecule has 1 atom stereocenters. The predicted octanol–water partition coefficient (Wildman–Crippen LogP) is 4.43. The molecule has 0 aliphatic heterocycles. The van der Waals surface area contributed by atoms with E-state index < -0.39 is 18.0 Å². The highest BCUT2D eigenvalue weighted by Crippen LogP contribution is 2.22. The lowest BCUT2D eigenvalue weighted by Gasteiger charge is -2.13. The van der Waals surface area contributed by atoms with Crippen LogP contribution in [0.2, 0.25) is 0 Å². The Bertz CT molecular complexity index is 1260. The minimum atomic E-state index is -0.976. The summed E-state index contributed by atoms with van der Waals surface area (Å²) in [5.41, 5.74) is 4.69. The van der Waals surface area contributed by atoms with Crippen LogP contribution in [0, 0.1) is 13.8 Å². The number of pyridine rings is 1. The van der Waals surface area contributed by atoms with Gasteiger partial charge in [0.15, 0.2) is 6.10 Å². The van der Waals surface area contributed by atoms with Gasteiger partial charge in [-0.1, -0.05) is 35.9 Å². The van der Waals surface area contributed by atoms with Crippen LogP contribution in [0.4, 0.5) is 5.82 Å². The number of ether oxygens (including phenoxy) is 1. The standard InChI is InChI=1S/C24H22N4O3/c1-14-7-9-17(10-8-14)22-26-19-12-11-18(13-20(19)27-22)24(30)31-16(3)23(29)28-21-6-4-5-15(2)25-21/h4-13,16H,1-3H3,(H,26,27)(H,25,28,29). The first kappa shape index (κ1) is 20.3. The Balaban J connectivity index is 1.47. The minimum Gasteiger partial charge on any atom is -0.449 e. The monoisotopic (exact) mass is 414 g/mol. The number of esters is 1. The molecule has 0 bridgehead atoms. The molecule has 0 saturated heterocycles. The Kier molecular flexibility index (Phi) is 5.49.